The Labute approximate surface area is 164 Å². The molecule has 3 aromatic rings. The zero-order valence-corrected chi connectivity index (χ0v) is 16.3. The Morgan fingerprint density at radius 1 is 1.14 bits per heavy atom. The van der Waals surface area contributed by atoms with Gasteiger partial charge in [-0.15, -0.1) is 0 Å². The van der Waals surface area contributed by atoms with E-state index < -0.39 is 0 Å². The van der Waals surface area contributed by atoms with E-state index in [1.54, 1.807) is 6.20 Å². The molecule has 0 bridgehead atoms. The van der Waals surface area contributed by atoms with Crippen molar-refractivity contribution in [1.29, 1.82) is 0 Å². The first-order valence-electron chi connectivity index (χ1n) is 9.67. The van der Waals surface area contributed by atoms with Gasteiger partial charge >= 0.3 is 0 Å². The van der Waals surface area contributed by atoms with Crippen LogP contribution in [0, 0.1) is 0 Å². The second-order valence-electron chi connectivity index (χ2n) is 7.03. The van der Waals surface area contributed by atoms with Crippen LogP contribution < -0.4 is 10.6 Å². The number of aromatic nitrogens is 5. The standard InChI is InChI=1S/C19H26N8O/c1-14(2)27-13-22-16-17(21-7-8-26-9-11-28-12-10-26)24-19(25-18(16)27)23-15-5-3-4-6-20-15/h3-6,13-14H,7-12H2,1-2H3,(H2,20,21,23,24,25). The van der Waals surface area contributed by atoms with E-state index in [-0.39, 0.29) is 6.04 Å². The lowest BCUT2D eigenvalue weighted by molar-refractivity contribution is 0.0398. The molecule has 9 heteroatoms. The fourth-order valence-corrected chi connectivity index (χ4v) is 3.18. The number of nitrogens with one attached hydrogen (secondary N) is 2. The molecular weight excluding hydrogens is 356 g/mol. The zero-order chi connectivity index (χ0) is 19.3. The molecule has 4 heterocycles. The summed E-state index contributed by atoms with van der Waals surface area (Å²) in [5.74, 6) is 1.94. The average molecular weight is 382 g/mol. The predicted octanol–water partition coefficient (Wildman–Crippen LogP) is 2.29. The minimum Gasteiger partial charge on any atom is -0.379 e. The Balaban J connectivity index is 1.57. The van der Waals surface area contributed by atoms with Crippen molar-refractivity contribution in [2.45, 2.75) is 19.9 Å². The third kappa shape index (κ3) is 4.20. The lowest BCUT2D eigenvalue weighted by atomic mass is 10.4. The molecule has 4 rings (SSSR count). The van der Waals surface area contributed by atoms with Gasteiger partial charge in [-0.1, -0.05) is 6.07 Å². The van der Waals surface area contributed by atoms with Crippen LogP contribution in [-0.2, 0) is 4.74 Å². The SMILES string of the molecule is CC(C)n1cnc2c(NCCN3CCOCC3)nc(Nc3ccccn3)nc21. The van der Waals surface area contributed by atoms with Gasteiger partial charge in [0.15, 0.2) is 17.0 Å². The minimum absolute atomic E-state index is 0.254. The van der Waals surface area contributed by atoms with Crippen LogP contribution in [0.15, 0.2) is 30.7 Å². The van der Waals surface area contributed by atoms with Crippen molar-refractivity contribution in [3.63, 3.8) is 0 Å². The molecule has 0 saturated carbocycles. The van der Waals surface area contributed by atoms with Crippen LogP contribution in [0.5, 0.6) is 0 Å². The van der Waals surface area contributed by atoms with Crippen LogP contribution in [0.2, 0.25) is 0 Å². The van der Waals surface area contributed by atoms with Gasteiger partial charge in [0.25, 0.3) is 0 Å². The number of pyridine rings is 1. The Kier molecular flexibility index (Phi) is 5.63. The van der Waals surface area contributed by atoms with E-state index in [9.17, 15) is 0 Å². The van der Waals surface area contributed by atoms with Crippen molar-refractivity contribution in [2.75, 3.05) is 50.0 Å². The van der Waals surface area contributed by atoms with Gasteiger partial charge in [-0.2, -0.15) is 9.97 Å². The number of nitrogens with zero attached hydrogens (tertiary/aromatic N) is 6. The highest BCUT2D eigenvalue weighted by atomic mass is 16.5. The van der Waals surface area contributed by atoms with Crippen LogP contribution in [0.4, 0.5) is 17.6 Å². The van der Waals surface area contributed by atoms with Gasteiger partial charge in [0.1, 0.15) is 5.82 Å². The van der Waals surface area contributed by atoms with Crippen molar-refractivity contribution < 1.29 is 4.74 Å². The third-order valence-corrected chi connectivity index (χ3v) is 4.71. The van der Waals surface area contributed by atoms with Crippen LogP contribution in [0.25, 0.3) is 11.2 Å². The largest absolute Gasteiger partial charge is 0.379 e. The first-order valence-corrected chi connectivity index (χ1v) is 9.67. The van der Waals surface area contributed by atoms with Crippen molar-refractivity contribution in [3.05, 3.63) is 30.7 Å². The monoisotopic (exact) mass is 382 g/mol. The summed E-state index contributed by atoms with van der Waals surface area (Å²) >= 11 is 0. The van der Waals surface area contributed by atoms with E-state index in [2.05, 4.69) is 49.3 Å². The molecule has 1 fully saturated rings. The van der Waals surface area contributed by atoms with Gasteiger partial charge < -0.3 is 19.9 Å². The van der Waals surface area contributed by atoms with Crippen LogP contribution in [0.1, 0.15) is 19.9 Å². The zero-order valence-electron chi connectivity index (χ0n) is 16.3. The fraction of sp³-hybridized carbons (Fsp3) is 0.474. The number of fused-ring (bicyclic) bond motifs is 1. The molecule has 1 saturated heterocycles. The van der Waals surface area contributed by atoms with Gasteiger partial charge in [-0.3, -0.25) is 4.90 Å². The second kappa shape index (κ2) is 8.49. The molecule has 0 unspecified atom stereocenters. The Morgan fingerprint density at radius 3 is 2.75 bits per heavy atom. The molecule has 0 spiro atoms. The Morgan fingerprint density at radius 2 is 2.00 bits per heavy atom. The highest BCUT2D eigenvalue weighted by Gasteiger charge is 2.16. The topological polar surface area (TPSA) is 93.0 Å². The number of anilines is 3. The molecule has 0 atom stereocenters. The summed E-state index contributed by atoms with van der Waals surface area (Å²) in [4.78, 5) is 20.6. The molecule has 0 aliphatic carbocycles. The molecule has 0 radical (unpaired) electrons. The van der Waals surface area contributed by atoms with Gasteiger partial charge in [0.05, 0.1) is 19.5 Å². The fourth-order valence-electron chi connectivity index (χ4n) is 3.18. The molecule has 148 valence electrons. The second-order valence-corrected chi connectivity index (χ2v) is 7.03. The molecule has 0 amide bonds. The van der Waals surface area contributed by atoms with Gasteiger partial charge in [0.2, 0.25) is 5.95 Å². The third-order valence-electron chi connectivity index (χ3n) is 4.71. The Bertz CT molecular complexity index is 905. The summed E-state index contributed by atoms with van der Waals surface area (Å²) in [7, 11) is 0. The number of morpholine rings is 1. The lowest BCUT2D eigenvalue weighted by Crippen LogP contribution is -2.39. The summed E-state index contributed by atoms with van der Waals surface area (Å²) in [6, 6.07) is 5.94. The van der Waals surface area contributed by atoms with E-state index in [0.717, 1.165) is 56.4 Å². The molecule has 3 aromatic heterocycles. The van der Waals surface area contributed by atoms with E-state index >= 15 is 0 Å². The first kappa shape index (κ1) is 18.6. The van der Waals surface area contributed by atoms with Crippen molar-refractivity contribution in [1.82, 2.24) is 29.4 Å². The summed E-state index contributed by atoms with van der Waals surface area (Å²) < 4.78 is 7.46. The van der Waals surface area contributed by atoms with E-state index in [1.807, 2.05) is 29.1 Å². The Hall–Kier alpha value is -2.78. The summed E-state index contributed by atoms with van der Waals surface area (Å²) in [5.41, 5.74) is 1.58. The number of imidazole rings is 1. The molecule has 1 aliphatic heterocycles. The van der Waals surface area contributed by atoms with E-state index in [1.165, 1.54) is 0 Å². The van der Waals surface area contributed by atoms with Crippen LogP contribution in [-0.4, -0.2) is 68.8 Å². The van der Waals surface area contributed by atoms with Gasteiger partial charge in [-0.05, 0) is 26.0 Å². The molecular formula is C19H26N8O. The predicted molar refractivity (Wildman–Crippen MR) is 109 cm³/mol. The maximum absolute atomic E-state index is 5.41. The highest BCUT2D eigenvalue weighted by Crippen LogP contribution is 2.24. The molecule has 1 aliphatic rings. The maximum atomic E-state index is 5.41. The van der Waals surface area contributed by atoms with Crippen LogP contribution >= 0.6 is 0 Å². The quantitative estimate of drug-likeness (QED) is 0.643. The number of rotatable bonds is 7. The van der Waals surface area contributed by atoms with E-state index in [0.29, 0.717) is 11.8 Å². The first-order chi connectivity index (χ1) is 13.7. The van der Waals surface area contributed by atoms with Crippen molar-refractivity contribution >= 4 is 28.7 Å². The summed E-state index contributed by atoms with van der Waals surface area (Å²) in [6.45, 7) is 9.47. The minimum atomic E-state index is 0.254. The van der Waals surface area contributed by atoms with Crippen LogP contribution in [0.3, 0.4) is 0 Å². The maximum Gasteiger partial charge on any atom is 0.232 e. The van der Waals surface area contributed by atoms with Gasteiger partial charge in [0, 0.05) is 38.4 Å². The van der Waals surface area contributed by atoms with E-state index in [4.69, 9.17) is 4.74 Å². The number of hydrogen-bond acceptors (Lipinski definition) is 8. The lowest BCUT2D eigenvalue weighted by Gasteiger charge is -2.26. The summed E-state index contributed by atoms with van der Waals surface area (Å²) in [5, 5.41) is 6.63. The molecule has 0 aromatic carbocycles. The van der Waals surface area contributed by atoms with Crippen molar-refractivity contribution in [2.24, 2.45) is 0 Å². The van der Waals surface area contributed by atoms with Gasteiger partial charge in [-0.25, -0.2) is 9.97 Å². The number of ether oxygens (including phenoxy) is 1. The average Bonchev–Trinajstić information content (AvgIpc) is 3.14. The molecule has 9 nitrogen and oxygen atoms in total. The smallest absolute Gasteiger partial charge is 0.232 e. The van der Waals surface area contributed by atoms with Crippen molar-refractivity contribution in [3.8, 4) is 0 Å². The summed E-state index contributed by atoms with van der Waals surface area (Å²) in [6.07, 6.45) is 3.56. The molecule has 2 N–H and O–H groups in total. The molecule has 28 heavy (non-hydrogen) atoms. The normalized spacial score (nSPS) is 15.2. The highest BCUT2D eigenvalue weighted by molar-refractivity contribution is 5.84. The number of hydrogen-bond donors (Lipinski definition) is 2.